The van der Waals surface area contributed by atoms with Crippen LogP contribution < -0.4 is 11.3 Å². The minimum atomic E-state index is -0.0831. The van der Waals surface area contributed by atoms with Crippen LogP contribution in [0.3, 0.4) is 0 Å². The van der Waals surface area contributed by atoms with Crippen molar-refractivity contribution in [2.24, 2.45) is 5.92 Å². The Bertz CT molecular complexity index is 357. The Hall–Kier alpha value is -1.25. The smallest absolute Gasteiger partial charge is 0.273 e. The highest BCUT2D eigenvalue weighted by molar-refractivity contribution is 5.33. The van der Waals surface area contributed by atoms with E-state index in [1.54, 1.807) is 16.8 Å². The summed E-state index contributed by atoms with van der Waals surface area (Å²) in [4.78, 5) is 11.7. The van der Waals surface area contributed by atoms with Gasteiger partial charge in [0.05, 0.1) is 5.69 Å². The Morgan fingerprint density at radius 2 is 2.14 bits per heavy atom. The van der Waals surface area contributed by atoms with Crippen molar-refractivity contribution in [3.63, 3.8) is 0 Å². The number of pyridine rings is 1. The van der Waals surface area contributed by atoms with E-state index in [9.17, 15) is 4.79 Å². The highest BCUT2D eigenvalue weighted by atomic mass is 16.1. The molecule has 0 aromatic carbocycles. The van der Waals surface area contributed by atoms with Crippen molar-refractivity contribution in [2.45, 2.75) is 33.2 Å². The van der Waals surface area contributed by atoms with Gasteiger partial charge in [-0.05, 0) is 25.0 Å². The number of nitrogens with zero attached hydrogens (tertiary/aromatic N) is 1. The lowest BCUT2D eigenvalue weighted by atomic mass is 10.0. The van der Waals surface area contributed by atoms with Crippen LogP contribution in [0.25, 0.3) is 0 Å². The van der Waals surface area contributed by atoms with Gasteiger partial charge in [-0.2, -0.15) is 0 Å². The van der Waals surface area contributed by atoms with E-state index in [2.05, 4.69) is 20.8 Å². The average Bonchev–Trinajstić information content (AvgIpc) is 2.20. The Morgan fingerprint density at radius 1 is 1.50 bits per heavy atom. The van der Waals surface area contributed by atoms with Gasteiger partial charge >= 0.3 is 0 Å². The number of nitrogen functional groups attached to an aromatic ring is 1. The lowest BCUT2D eigenvalue weighted by Gasteiger charge is -2.21. The summed E-state index contributed by atoms with van der Waals surface area (Å²) in [6, 6.07) is 3.66. The van der Waals surface area contributed by atoms with Crippen LogP contribution in [0, 0.1) is 5.92 Å². The third-order valence-corrected chi connectivity index (χ3v) is 2.91. The summed E-state index contributed by atoms with van der Waals surface area (Å²) in [5.74, 6) is 0.481. The summed E-state index contributed by atoms with van der Waals surface area (Å²) < 4.78 is 1.71. The van der Waals surface area contributed by atoms with Gasteiger partial charge in [-0.3, -0.25) is 4.79 Å². The van der Waals surface area contributed by atoms with Crippen molar-refractivity contribution < 1.29 is 0 Å². The van der Waals surface area contributed by atoms with E-state index in [4.69, 9.17) is 5.73 Å². The van der Waals surface area contributed by atoms with Gasteiger partial charge in [0.2, 0.25) is 0 Å². The van der Waals surface area contributed by atoms with Crippen molar-refractivity contribution >= 4 is 5.69 Å². The molecule has 0 bridgehead atoms. The minimum absolute atomic E-state index is 0.0831. The van der Waals surface area contributed by atoms with E-state index in [-0.39, 0.29) is 11.6 Å². The summed E-state index contributed by atoms with van der Waals surface area (Å²) in [6.07, 6.45) is 2.86. The highest BCUT2D eigenvalue weighted by Crippen LogP contribution is 2.18. The molecule has 2 N–H and O–H groups in total. The molecule has 1 aromatic heterocycles. The fourth-order valence-electron chi connectivity index (χ4n) is 1.46. The van der Waals surface area contributed by atoms with Crippen molar-refractivity contribution in [1.29, 1.82) is 0 Å². The molecule has 3 heteroatoms. The first-order chi connectivity index (χ1) is 6.57. The molecule has 0 aliphatic rings. The van der Waals surface area contributed by atoms with Gasteiger partial charge < -0.3 is 10.3 Å². The zero-order valence-corrected chi connectivity index (χ0v) is 9.03. The van der Waals surface area contributed by atoms with Crippen molar-refractivity contribution in [3.05, 3.63) is 28.7 Å². The maximum absolute atomic E-state index is 11.7. The molecule has 0 radical (unpaired) electrons. The van der Waals surface area contributed by atoms with Crippen LogP contribution in [0.1, 0.15) is 33.2 Å². The Kier molecular flexibility index (Phi) is 3.33. The first-order valence-electron chi connectivity index (χ1n) is 5.04. The molecule has 0 amide bonds. The van der Waals surface area contributed by atoms with Crippen molar-refractivity contribution in [1.82, 2.24) is 4.57 Å². The summed E-state index contributed by atoms with van der Waals surface area (Å²) in [6.45, 7) is 6.31. The molecule has 0 fully saturated rings. The van der Waals surface area contributed by atoms with Gasteiger partial charge in [-0.1, -0.05) is 20.3 Å². The highest BCUT2D eigenvalue weighted by Gasteiger charge is 2.13. The molecular formula is C11H18N2O. The van der Waals surface area contributed by atoms with E-state index in [0.29, 0.717) is 11.6 Å². The summed E-state index contributed by atoms with van der Waals surface area (Å²) in [7, 11) is 0. The van der Waals surface area contributed by atoms with Gasteiger partial charge in [-0.25, -0.2) is 0 Å². The molecule has 2 atom stereocenters. The van der Waals surface area contributed by atoms with Crippen molar-refractivity contribution in [2.75, 3.05) is 5.73 Å². The second-order valence-corrected chi connectivity index (χ2v) is 3.80. The predicted octanol–water partition coefficient (Wildman–Crippen LogP) is 2.04. The molecule has 1 heterocycles. The molecule has 1 rings (SSSR count). The SMILES string of the molecule is CCC(C)C(C)n1cccc(N)c1=O. The van der Waals surface area contributed by atoms with Gasteiger partial charge in [0.25, 0.3) is 5.56 Å². The van der Waals surface area contributed by atoms with Gasteiger partial charge in [0.1, 0.15) is 0 Å². The van der Waals surface area contributed by atoms with E-state index in [1.165, 1.54) is 0 Å². The summed E-state index contributed by atoms with van der Waals surface area (Å²) >= 11 is 0. The van der Waals surface area contributed by atoms with Crippen LogP contribution in [0.2, 0.25) is 0 Å². The molecule has 0 spiro atoms. The first kappa shape index (κ1) is 10.8. The fourth-order valence-corrected chi connectivity index (χ4v) is 1.46. The maximum atomic E-state index is 11.7. The molecule has 1 aromatic rings. The molecule has 78 valence electrons. The molecule has 0 saturated heterocycles. The second kappa shape index (κ2) is 4.31. The Balaban J connectivity index is 3.07. The number of hydrogen-bond donors (Lipinski definition) is 1. The van der Waals surface area contributed by atoms with Crippen LogP contribution in [-0.4, -0.2) is 4.57 Å². The number of hydrogen-bond acceptors (Lipinski definition) is 2. The van der Waals surface area contributed by atoms with Crippen LogP contribution in [-0.2, 0) is 0 Å². The van der Waals surface area contributed by atoms with E-state index in [0.717, 1.165) is 6.42 Å². The largest absolute Gasteiger partial charge is 0.394 e. The van der Waals surface area contributed by atoms with Crippen molar-refractivity contribution in [3.8, 4) is 0 Å². The molecule has 0 aliphatic carbocycles. The molecular weight excluding hydrogens is 176 g/mol. The van der Waals surface area contributed by atoms with E-state index < -0.39 is 0 Å². The predicted molar refractivity (Wildman–Crippen MR) is 59.3 cm³/mol. The second-order valence-electron chi connectivity index (χ2n) is 3.80. The third-order valence-electron chi connectivity index (χ3n) is 2.91. The Labute approximate surface area is 84.6 Å². The van der Waals surface area contributed by atoms with Crippen LogP contribution in [0.5, 0.6) is 0 Å². The normalized spacial score (nSPS) is 15.1. The molecule has 3 nitrogen and oxygen atoms in total. The molecule has 2 unspecified atom stereocenters. The summed E-state index contributed by atoms with van der Waals surface area (Å²) in [5, 5.41) is 0. The minimum Gasteiger partial charge on any atom is -0.394 e. The zero-order chi connectivity index (χ0) is 10.7. The third kappa shape index (κ3) is 1.97. The van der Waals surface area contributed by atoms with Gasteiger partial charge in [0.15, 0.2) is 0 Å². The zero-order valence-electron chi connectivity index (χ0n) is 9.03. The van der Waals surface area contributed by atoms with Crippen LogP contribution >= 0.6 is 0 Å². The number of anilines is 1. The van der Waals surface area contributed by atoms with Gasteiger partial charge in [0, 0.05) is 12.2 Å². The lowest BCUT2D eigenvalue weighted by molar-refractivity contribution is 0.363. The lowest BCUT2D eigenvalue weighted by Crippen LogP contribution is -2.27. The summed E-state index contributed by atoms with van der Waals surface area (Å²) in [5.41, 5.74) is 5.81. The standard InChI is InChI=1S/C11H18N2O/c1-4-8(2)9(3)13-7-5-6-10(12)11(13)14/h5-9H,4,12H2,1-3H3. The Morgan fingerprint density at radius 3 is 2.71 bits per heavy atom. The quantitative estimate of drug-likeness (QED) is 0.800. The average molecular weight is 194 g/mol. The number of rotatable bonds is 3. The van der Waals surface area contributed by atoms with Crippen LogP contribution in [0.4, 0.5) is 5.69 Å². The topological polar surface area (TPSA) is 48.0 Å². The molecule has 14 heavy (non-hydrogen) atoms. The molecule has 0 aliphatic heterocycles. The van der Waals surface area contributed by atoms with Crippen LogP contribution in [0.15, 0.2) is 23.1 Å². The fraction of sp³-hybridized carbons (Fsp3) is 0.545. The molecule has 0 saturated carbocycles. The number of nitrogens with two attached hydrogens (primary N) is 1. The maximum Gasteiger partial charge on any atom is 0.273 e. The first-order valence-corrected chi connectivity index (χ1v) is 5.04. The van der Waals surface area contributed by atoms with Gasteiger partial charge in [-0.15, -0.1) is 0 Å². The number of aromatic nitrogens is 1. The van der Waals surface area contributed by atoms with E-state index >= 15 is 0 Å². The monoisotopic (exact) mass is 194 g/mol. The van der Waals surface area contributed by atoms with E-state index in [1.807, 2.05) is 6.07 Å².